The van der Waals surface area contributed by atoms with Gasteiger partial charge in [0, 0.05) is 254 Å². The van der Waals surface area contributed by atoms with Crippen LogP contribution in [0.25, 0.3) is 0 Å². The van der Waals surface area contributed by atoms with Crippen LogP contribution in [0.15, 0.2) is 72.8 Å². The maximum atomic E-state index is 13.8. The van der Waals surface area contributed by atoms with E-state index in [1.165, 1.54) is 94.9 Å². The highest BCUT2D eigenvalue weighted by Gasteiger charge is 2.47. The fraction of sp³-hybridized carbons (Fsp3) is 0.650. The quantitative estimate of drug-likeness (QED) is 0.0466. The average molecular weight is 2060 g/mol. The molecule has 12 aliphatic rings. The van der Waals surface area contributed by atoms with E-state index < -0.39 is 297 Å². The van der Waals surface area contributed by atoms with Crippen molar-refractivity contribution in [2.45, 2.75) is 276 Å². The van der Waals surface area contributed by atoms with Gasteiger partial charge >= 0.3 is 0 Å². The van der Waals surface area contributed by atoms with E-state index in [9.17, 15) is 28.8 Å². The molecule has 0 bridgehead atoms. The molecule has 15 unspecified atom stereocenters. The third kappa shape index (κ3) is 27.2. The van der Waals surface area contributed by atoms with E-state index in [0.717, 1.165) is 28.2 Å². The summed E-state index contributed by atoms with van der Waals surface area (Å²) in [6.45, 7) is -13.0. The second-order valence-corrected chi connectivity index (χ2v) is 35.8. The van der Waals surface area contributed by atoms with Crippen molar-refractivity contribution in [3.05, 3.63) is 140 Å². The van der Waals surface area contributed by atoms with Gasteiger partial charge in [-0.2, -0.15) is 0 Å². The normalized spacial score (nSPS) is 39.1. The molecule has 798 valence electrons. The second kappa shape index (κ2) is 53.5. The van der Waals surface area contributed by atoms with Crippen molar-refractivity contribution in [1.82, 2.24) is 29.4 Å². The summed E-state index contributed by atoms with van der Waals surface area (Å²) < 4.78 is 608. The summed E-state index contributed by atoms with van der Waals surface area (Å²) in [5.74, 6) is -33.8. The van der Waals surface area contributed by atoms with Gasteiger partial charge in [0.1, 0.15) is 34.7 Å². The Labute approximate surface area is 958 Å². The molecule has 0 aliphatic carbocycles. The molecule has 12 heterocycles. The Morgan fingerprint density at radius 1 is 0.326 bits per heavy atom. The van der Waals surface area contributed by atoms with Gasteiger partial charge < -0.3 is 56.8 Å². The van der Waals surface area contributed by atoms with Crippen LogP contribution < -0.4 is 56.8 Å². The fourth-order valence-electron chi connectivity index (χ4n) is 18.6. The van der Waals surface area contributed by atoms with E-state index in [4.69, 9.17) is 149 Å². The Kier molecular flexibility index (Phi) is 20.2. The lowest BCUT2D eigenvalue weighted by atomic mass is 9.79. The Morgan fingerprint density at radius 2 is 0.611 bits per heavy atom. The zero-order chi connectivity index (χ0) is 160. The Bertz CT molecular complexity index is 8260. The molecule has 0 amide bonds. The zero-order valence-corrected chi connectivity index (χ0v) is 81.3. The fourth-order valence-corrected chi connectivity index (χ4v) is 18.6. The van der Waals surface area contributed by atoms with E-state index in [-0.39, 0.29) is 206 Å². The van der Waals surface area contributed by atoms with Crippen LogP contribution in [0.5, 0.6) is 69.0 Å². The molecule has 6 aromatic rings. The predicted octanol–water partition coefficient (Wildman–Crippen LogP) is 22.5. The molecule has 0 radical (unpaired) electrons. The molecule has 144 heavy (non-hydrogen) atoms. The first-order valence-corrected chi connectivity index (χ1v) is 45.9. The molecular formula is C120H180N6O18. The maximum absolute atomic E-state index is 13.8. The Balaban J connectivity index is 0.000000251. The van der Waals surface area contributed by atoms with Gasteiger partial charge in [0.15, 0.2) is 69.0 Å². The number of ketones is 6. The topological polar surface area (TPSA) is 233 Å². The first-order valence-electron chi connectivity index (χ1n) is 79.4. The van der Waals surface area contributed by atoms with Crippen LogP contribution in [-0.2, 0) is 67.2 Å². The number of benzene rings is 6. The summed E-state index contributed by atoms with van der Waals surface area (Å²) >= 11 is 0. The highest BCUT2D eigenvalue weighted by Crippen LogP contribution is 2.51. The third-order valence-corrected chi connectivity index (χ3v) is 25.6. The van der Waals surface area contributed by atoms with Crippen LogP contribution in [0.2, 0.25) is 0 Å². The number of carbonyl (C=O) groups is 6. The second-order valence-electron chi connectivity index (χ2n) is 35.8. The number of fused-ring (bicyclic) bond motifs is 18. The molecule has 24 heteroatoms. The third-order valence-electron chi connectivity index (χ3n) is 25.6. The van der Waals surface area contributed by atoms with Gasteiger partial charge in [-0.25, -0.2) is 0 Å². The molecule has 6 aromatic carbocycles. The van der Waals surface area contributed by atoms with Crippen LogP contribution in [0, 0.1) is 70.8 Å². The van der Waals surface area contributed by atoms with Gasteiger partial charge in [-0.3, -0.25) is 58.2 Å². The van der Waals surface area contributed by atoms with E-state index in [2.05, 4.69) is 0 Å². The zero-order valence-electron chi connectivity index (χ0n) is 148. The molecular weight excluding hydrogens is 1810 g/mol. The van der Waals surface area contributed by atoms with Crippen LogP contribution in [0.1, 0.15) is 396 Å². The van der Waals surface area contributed by atoms with Crippen LogP contribution >= 0.6 is 0 Å². The van der Waals surface area contributed by atoms with Crippen LogP contribution in [0.3, 0.4) is 0 Å². The molecule has 15 atom stereocenters. The van der Waals surface area contributed by atoms with E-state index >= 15 is 0 Å². The van der Waals surface area contributed by atoms with Crippen LogP contribution in [0.4, 0.5) is 0 Å². The number of Topliss-reactive ketones (excluding diaryl/α,β-unsaturated/α-hetero) is 6. The number of hydrogen-bond donors (Lipinski definition) is 0. The van der Waals surface area contributed by atoms with Gasteiger partial charge in [0.05, 0.1) is 111 Å². The lowest BCUT2D eigenvalue weighted by Gasteiger charge is -2.43. The van der Waals surface area contributed by atoms with Gasteiger partial charge in [-0.1, -0.05) is 124 Å². The monoisotopic (exact) mass is 2060 g/mol. The van der Waals surface area contributed by atoms with Crippen molar-refractivity contribution in [3.63, 3.8) is 0 Å². The lowest BCUT2D eigenvalue weighted by Crippen LogP contribution is -2.46. The van der Waals surface area contributed by atoms with Gasteiger partial charge in [0.2, 0.25) is 0 Å². The largest absolute Gasteiger partial charge is 0.493 e. The first kappa shape index (κ1) is 54.2. The molecule has 12 aliphatic heterocycles. The predicted molar refractivity (Wildman–Crippen MR) is 575 cm³/mol. The molecule has 6 saturated heterocycles. The summed E-state index contributed by atoms with van der Waals surface area (Å²) in [6, 6.07) is 7.23. The van der Waals surface area contributed by atoms with Crippen molar-refractivity contribution < 1.29 is 177 Å². The SMILES string of the molecule is C.C.C.[2H]C([2H])([2H])Oc1cc2c(cc1OC)C([2H])([2H])C([2H])([2H])N1CC(CC(C)C)C(=O)CC21[2H].[2H]C([2H])([2H])Oc1cc2c(cc1OC)CCN1C2C([2H])([2H])C(=O)C([2H])(C([2H])([2H])C([2H])(C([2H])([2H])[2H])C([2H])([2H])C)C1([2H])[2H].[2H]C([2H])([2H])Oc1cc2c(cc1OC)CCN1C2C([2H])([2H])C(=O)C([2H])(C([2H])([2H])C([2H])(C([2H])([2H])[2H])C([2H])([2H])C)C1([2H])[2H].[2H]C([2H])([2H])Oc1cc2c(cc1OC)CCN1C2C([2H])([2H])C(=O)C([2H])(CC(C)C)C1([2H])[2H].[2H]C([2H])([2H])Oc1cc2c(cc1OC)CCN1C2CC(=O)C(CC(C)C)C1([2H])[2H].[2H]C([2H])([2H])Oc1cc2c(cc1OC)CCN1CC([2H])(C([2H])([2H])C([2H])(C([2H])([2H])[2H])C([2H])([2H])C)C(=O)C([2H])([2H])C21. The molecule has 0 spiro atoms. The maximum Gasteiger partial charge on any atom is 0.161 e. The number of carbonyl (C=O) groups excluding carboxylic acids is 6. The first-order chi connectivity index (χ1) is 93.2. The average Bonchev–Trinajstić information content (AvgIpc) is 0.659. The van der Waals surface area contributed by atoms with Gasteiger partial charge in [-0.05, 0) is 252 Å². The number of hydrogen-bond acceptors (Lipinski definition) is 24. The molecule has 6 fully saturated rings. The minimum absolute atomic E-state index is 0. The highest BCUT2D eigenvalue weighted by molar-refractivity contribution is 5.86. The van der Waals surface area contributed by atoms with Crippen molar-refractivity contribution in [2.24, 2.45) is 70.8 Å². The highest BCUT2D eigenvalue weighted by atomic mass is 16.5. The Morgan fingerprint density at radius 3 is 0.951 bits per heavy atom. The number of aryl methyl sites for hydroxylation is 1. The van der Waals surface area contributed by atoms with Crippen LogP contribution in [-0.4, -0.2) is 227 Å². The van der Waals surface area contributed by atoms with Gasteiger partial charge in [0.25, 0.3) is 0 Å². The number of ether oxygens (including phenoxy) is 12. The smallest absolute Gasteiger partial charge is 0.161 e. The molecule has 0 aromatic heterocycles. The van der Waals surface area contributed by atoms with Crippen molar-refractivity contribution >= 4 is 34.7 Å². The van der Waals surface area contributed by atoms with E-state index in [1.807, 2.05) is 27.7 Å². The molecule has 0 saturated carbocycles. The summed E-state index contributed by atoms with van der Waals surface area (Å²) in [5.41, 5.74) is 3.49. The standard InChI is InChI=1S/3C20H29NO3.3C19H27NO3.3CH4/c3*1-5-13(2)8-15-12-21-7-6-14-9-19(23-3)20(24-4)10-16(14)17(21)11-18(15)22;3*1-12(2)7-14-11-20-6-5-13-8-18(22-3)19(23-4)9-15(13)16(20)10-17(14)21;;;/h3*9-10,13,15,17H,5-8,11-12H2,1-4H3;3*8-9,12,14,16H,5-7,10-11H2,1-4H3;3*1H4/i2*2D3,4D3,5D2,8D2,11D2,12D2,13D,15D;2D3,4D3,5D2,8D2,11D2,13D,15D;4D3,10D2,11D2,14D;4D3,5D2,6D2,16D;4D3,11D2;;;. The summed E-state index contributed by atoms with van der Waals surface area (Å²) in [7, 11) is -9.24. The van der Waals surface area contributed by atoms with Gasteiger partial charge in [-0.15, -0.1) is 0 Å². The summed E-state index contributed by atoms with van der Waals surface area (Å²) in [6.07, 6.45) is -34.5. The Hall–Kier alpha value is -9.30. The minimum Gasteiger partial charge on any atom is -0.493 e. The molecule has 24 nitrogen and oxygen atoms in total. The van der Waals surface area contributed by atoms with Crippen molar-refractivity contribution in [1.29, 1.82) is 0 Å². The minimum atomic E-state index is -4.13. The lowest BCUT2D eigenvalue weighted by molar-refractivity contribution is -0.130. The van der Waals surface area contributed by atoms with E-state index in [1.54, 1.807) is 36.9 Å². The van der Waals surface area contributed by atoms with Crippen molar-refractivity contribution in [3.8, 4) is 69.0 Å². The molecule has 18 rings (SSSR count). The number of piperidine rings is 6. The number of rotatable bonds is 27. The van der Waals surface area contributed by atoms with Crippen molar-refractivity contribution in [2.75, 3.05) is 163 Å². The van der Waals surface area contributed by atoms with E-state index in [0.29, 0.717) is 90.8 Å². The summed E-state index contributed by atoms with van der Waals surface area (Å²) in [4.78, 5) is 87.0. The molecule has 0 N–H and O–H groups in total. The number of nitrogens with zero attached hydrogens (tertiary/aromatic N) is 6. The number of methoxy groups -OCH3 is 12. The summed E-state index contributed by atoms with van der Waals surface area (Å²) in [5, 5.41) is 0.